The van der Waals surface area contributed by atoms with Crippen molar-refractivity contribution < 1.29 is 0 Å². The van der Waals surface area contributed by atoms with Gasteiger partial charge in [0.25, 0.3) is 0 Å². The Bertz CT molecular complexity index is 3480. The van der Waals surface area contributed by atoms with Crippen molar-refractivity contribution in [1.29, 1.82) is 0 Å². The summed E-state index contributed by atoms with van der Waals surface area (Å²) in [4.78, 5) is 10.4. The van der Waals surface area contributed by atoms with Crippen LogP contribution in [0, 0.1) is 0 Å². The molecule has 0 amide bonds. The van der Waals surface area contributed by atoms with E-state index in [-0.39, 0.29) is 10.8 Å². The molecule has 9 aromatic carbocycles. The van der Waals surface area contributed by atoms with Crippen LogP contribution in [-0.2, 0) is 10.8 Å². The van der Waals surface area contributed by atoms with Gasteiger partial charge in [0, 0.05) is 45.5 Å². The molecule has 0 atom stereocenters. The van der Waals surface area contributed by atoms with E-state index >= 15 is 0 Å². The van der Waals surface area contributed by atoms with Gasteiger partial charge in [0.05, 0.1) is 11.4 Å². The zero-order valence-electron chi connectivity index (χ0n) is 34.1. The number of nitrogens with zero attached hydrogens (tertiary/aromatic N) is 2. The van der Waals surface area contributed by atoms with Crippen LogP contribution < -0.4 is 0 Å². The average molecular weight is 765 g/mol. The van der Waals surface area contributed by atoms with Gasteiger partial charge >= 0.3 is 0 Å². The molecule has 2 heteroatoms. The van der Waals surface area contributed by atoms with Gasteiger partial charge in [-0.05, 0) is 140 Å². The lowest BCUT2D eigenvalue weighted by atomic mass is 9.80. The van der Waals surface area contributed by atoms with Crippen molar-refractivity contribution in [2.75, 3.05) is 0 Å². The Morgan fingerprint density at radius 3 is 1.28 bits per heavy atom. The molecule has 0 saturated heterocycles. The topological polar surface area (TPSA) is 25.8 Å². The molecule has 2 heterocycles. The monoisotopic (exact) mass is 764 g/mol. The Morgan fingerprint density at radius 1 is 0.300 bits per heavy atom. The van der Waals surface area contributed by atoms with Crippen molar-refractivity contribution in [2.45, 2.75) is 38.5 Å². The Kier molecular flexibility index (Phi) is 6.61. The van der Waals surface area contributed by atoms with E-state index in [4.69, 9.17) is 9.97 Å². The molecule has 11 aromatic rings. The van der Waals surface area contributed by atoms with Crippen LogP contribution in [0.4, 0.5) is 0 Å². The van der Waals surface area contributed by atoms with Gasteiger partial charge in [-0.2, -0.15) is 0 Å². The molecule has 0 unspecified atom stereocenters. The van der Waals surface area contributed by atoms with Crippen LogP contribution in [0.15, 0.2) is 170 Å². The summed E-state index contributed by atoms with van der Waals surface area (Å²) < 4.78 is 0. The van der Waals surface area contributed by atoms with Gasteiger partial charge in [-0.1, -0.05) is 143 Å². The van der Waals surface area contributed by atoms with Crippen LogP contribution in [0.1, 0.15) is 49.9 Å². The summed E-state index contributed by atoms with van der Waals surface area (Å²) >= 11 is 0. The van der Waals surface area contributed by atoms with Crippen molar-refractivity contribution >= 4 is 64.6 Å². The zero-order valence-corrected chi connectivity index (χ0v) is 34.1. The lowest BCUT2D eigenvalue weighted by Gasteiger charge is -2.23. The van der Waals surface area contributed by atoms with Crippen LogP contribution >= 0.6 is 0 Å². The second-order valence-corrected chi connectivity index (χ2v) is 18.1. The Labute approximate surface area is 348 Å². The van der Waals surface area contributed by atoms with Crippen LogP contribution in [0.5, 0.6) is 0 Å². The Morgan fingerprint density at radius 2 is 0.733 bits per heavy atom. The second-order valence-electron chi connectivity index (χ2n) is 18.1. The van der Waals surface area contributed by atoms with Crippen molar-refractivity contribution in [3.05, 3.63) is 192 Å². The summed E-state index contributed by atoms with van der Waals surface area (Å²) in [5.41, 5.74) is 14.1. The number of hydrogen-bond donors (Lipinski definition) is 0. The first-order valence-electron chi connectivity index (χ1n) is 21.1. The quantitative estimate of drug-likeness (QED) is 0.164. The maximum atomic E-state index is 5.26. The number of rotatable bonds is 2. The van der Waals surface area contributed by atoms with Crippen LogP contribution in [0.2, 0.25) is 0 Å². The second kappa shape index (κ2) is 11.7. The lowest BCUT2D eigenvalue weighted by molar-refractivity contribution is 0.660. The van der Waals surface area contributed by atoms with Crippen molar-refractivity contribution in [3.8, 4) is 44.8 Å². The van der Waals surface area contributed by atoms with Crippen molar-refractivity contribution in [2.24, 2.45) is 0 Å². The molecule has 2 nitrogen and oxygen atoms in total. The molecule has 2 aromatic heterocycles. The molecule has 0 fully saturated rings. The fourth-order valence-electron chi connectivity index (χ4n) is 11.2. The van der Waals surface area contributed by atoms with E-state index in [1.54, 1.807) is 0 Å². The molecule has 0 radical (unpaired) electrons. The van der Waals surface area contributed by atoms with Gasteiger partial charge in [-0.3, -0.25) is 9.97 Å². The molecule has 0 N–H and O–H groups in total. The molecular weight excluding hydrogens is 725 g/mol. The first-order chi connectivity index (χ1) is 29.3. The molecule has 282 valence electrons. The predicted octanol–water partition coefficient (Wildman–Crippen LogP) is 15.3. The van der Waals surface area contributed by atoms with Crippen molar-refractivity contribution in [1.82, 2.24) is 9.97 Å². The summed E-state index contributed by atoms with van der Waals surface area (Å²) in [5.74, 6) is 0. The Balaban J connectivity index is 0.908. The largest absolute Gasteiger partial charge is 0.256 e. The SMILES string of the molecule is CC1(C)c2cc(-c3cccc(-c4cnc5c(c4)C(C)(C)c4cc6c7ccccc7c7ccccc7c6cc4-5)c3)ncc2-c2cc3c4ccccc4c4ccccc4c3cc21. The van der Waals surface area contributed by atoms with Crippen LogP contribution in [0.25, 0.3) is 109 Å². The minimum Gasteiger partial charge on any atom is -0.256 e. The minimum atomic E-state index is -0.211. The molecule has 2 aliphatic carbocycles. The maximum absolute atomic E-state index is 5.26. The molecule has 0 spiro atoms. The number of hydrogen-bond acceptors (Lipinski definition) is 2. The summed E-state index contributed by atoms with van der Waals surface area (Å²) in [6.07, 6.45) is 4.19. The van der Waals surface area contributed by atoms with Gasteiger partial charge in [0.2, 0.25) is 0 Å². The molecule has 13 rings (SSSR count). The van der Waals surface area contributed by atoms with E-state index in [0.717, 1.165) is 28.1 Å². The summed E-state index contributed by atoms with van der Waals surface area (Å²) in [5, 5.41) is 15.6. The highest BCUT2D eigenvalue weighted by Gasteiger charge is 2.39. The highest BCUT2D eigenvalue weighted by atomic mass is 14.7. The van der Waals surface area contributed by atoms with E-state index < -0.39 is 0 Å². The third kappa shape index (κ3) is 4.43. The third-order valence-corrected chi connectivity index (χ3v) is 14.3. The fraction of sp³-hybridized carbons (Fsp3) is 0.103. The van der Waals surface area contributed by atoms with Gasteiger partial charge < -0.3 is 0 Å². The summed E-state index contributed by atoms with van der Waals surface area (Å²) in [6, 6.07) is 58.7. The first-order valence-corrected chi connectivity index (χ1v) is 21.1. The van der Waals surface area contributed by atoms with Crippen LogP contribution in [-0.4, -0.2) is 9.97 Å². The normalized spacial score (nSPS) is 14.6. The first kappa shape index (κ1) is 33.8. The zero-order chi connectivity index (χ0) is 40.1. The highest BCUT2D eigenvalue weighted by molar-refractivity contribution is 6.27. The summed E-state index contributed by atoms with van der Waals surface area (Å²) in [6.45, 7) is 9.46. The standard InChI is InChI=1S/C58H40N2/c1-57(2)51-28-46-42-22-11-7-18-38(42)36-16-5-9-20-40(36)44(46)26-48(51)50-32-59-55(30-53(50)57)34-15-13-14-33(24-34)35-25-54-56(60-31-35)49-27-45-41-21-10-6-17-37(41)39-19-8-12-23-43(39)47(45)29-52(49)58(54,3)4/h5-32H,1-4H3. The fourth-order valence-corrected chi connectivity index (χ4v) is 11.2. The minimum absolute atomic E-state index is 0.186. The smallest absolute Gasteiger partial charge is 0.0746 e. The van der Waals surface area contributed by atoms with Gasteiger partial charge in [0.1, 0.15) is 0 Å². The van der Waals surface area contributed by atoms with Gasteiger partial charge in [-0.25, -0.2) is 0 Å². The van der Waals surface area contributed by atoms with Gasteiger partial charge in [-0.15, -0.1) is 0 Å². The lowest BCUT2D eigenvalue weighted by Crippen LogP contribution is -2.15. The summed E-state index contributed by atoms with van der Waals surface area (Å²) in [7, 11) is 0. The van der Waals surface area contributed by atoms with Crippen LogP contribution in [0.3, 0.4) is 0 Å². The number of fused-ring (bicyclic) bond motifs is 18. The predicted molar refractivity (Wildman–Crippen MR) is 253 cm³/mol. The number of pyridine rings is 2. The van der Waals surface area contributed by atoms with E-state index in [0.29, 0.717) is 0 Å². The molecule has 2 aliphatic rings. The molecule has 60 heavy (non-hydrogen) atoms. The molecular formula is C58H40N2. The van der Waals surface area contributed by atoms with Gasteiger partial charge in [0.15, 0.2) is 0 Å². The third-order valence-electron chi connectivity index (χ3n) is 14.3. The van der Waals surface area contributed by atoms with E-state index in [2.05, 4.69) is 198 Å². The van der Waals surface area contributed by atoms with E-state index in [1.165, 1.54) is 104 Å². The van der Waals surface area contributed by atoms with E-state index in [1.807, 2.05) is 0 Å². The van der Waals surface area contributed by atoms with Crippen molar-refractivity contribution in [3.63, 3.8) is 0 Å². The maximum Gasteiger partial charge on any atom is 0.0746 e. The van der Waals surface area contributed by atoms with E-state index in [9.17, 15) is 0 Å². The Hall–Kier alpha value is -7.16. The number of aromatic nitrogens is 2. The molecule has 0 aliphatic heterocycles. The molecule has 0 bridgehead atoms. The highest BCUT2D eigenvalue weighted by Crippen LogP contribution is 2.53. The molecule has 0 saturated carbocycles. The number of benzene rings is 9. The average Bonchev–Trinajstić information content (AvgIpc) is 3.65.